The fourth-order valence-electron chi connectivity index (χ4n) is 1.55. The third-order valence-electron chi connectivity index (χ3n) is 2.16. The topological polar surface area (TPSA) is 81.1 Å². The molecule has 0 atom stereocenters. The fraction of sp³-hybridized carbons (Fsp3) is 0.222. The van der Waals surface area contributed by atoms with E-state index >= 15 is 0 Å². The Morgan fingerprint density at radius 1 is 1.23 bits per heavy atom. The molecule has 0 bridgehead atoms. The molecule has 4 nitrogen and oxygen atoms in total. The van der Waals surface area contributed by atoms with E-state index in [2.05, 4.69) is 5.32 Å². The van der Waals surface area contributed by atoms with Gasteiger partial charge < -0.3 is 16.8 Å². The van der Waals surface area contributed by atoms with E-state index in [1.807, 2.05) is 6.07 Å². The maximum Gasteiger partial charge on any atom is 0.224 e. The Balaban J connectivity index is 2.53. The Bertz CT molecular complexity index is 373. The highest BCUT2D eigenvalue weighted by molar-refractivity contribution is 5.98. The molecule has 5 N–H and O–H groups in total. The van der Waals surface area contributed by atoms with Crippen molar-refractivity contribution in [2.75, 3.05) is 16.8 Å². The van der Waals surface area contributed by atoms with E-state index in [0.717, 1.165) is 17.7 Å². The summed E-state index contributed by atoms with van der Waals surface area (Å²) < 4.78 is 0. The maximum absolute atomic E-state index is 11.1. The van der Waals surface area contributed by atoms with Crippen LogP contribution in [0.2, 0.25) is 0 Å². The van der Waals surface area contributed by atoms with Gasteiger partial charge in [-0.1, -0.05) is 0 Å². The molecule has 1 aromatic carbocycles. The second kappa shape index (κ2) is 2.65. The van der Waals surface area contributed by atoms with Gasteiger partial charge in [0.15, 0.2) is 0 Å². The number of rotatable bonds is 0. The van der Waals surface area contributed by atoms with Gasteiger partial charge in [0.25, 0.3) is 0 Å². The molecular weight excluding hydrogens is 166 g/mol. The van der Waals surface area contributed by atoms with Crippen molar-refractivity contribution in [3.8, 4) is 0 Å². The van der Waals surface area contributed by atoms with Gasteiger partial charge in [0, 0.05) is 12.1 Å². The average Bonchev–Trinajstić information content (AvgIpc) is 2.06. The lowest BCUT2D eigenvalue weighted by Crippen LogP contribution is -2.20. The maximum atomic E-state index is 11.1. The molecular formula is C9H11N3O. The van der Waals surface area contributed by atoms with E-state index < -0.39 is 0 Å². The van der Waals surface area contributed by atoms with Crippen LogP contribution in [0.4, 0.5) is 17.1 Å². The molecule has 4 heteroatoms. The Morgan fingerprint density at radius 2 is 2.00 bits per heavy atom. The average molecular weight is 177 g/mol. The molecule has 68 valence electrons. The number of amides is 1. The van der Waals surface area contributed by atoms with E-state index in [0.29, 0.717) is 17.8 Å². The minimum Gasteiger partial charge on any atom is -0.399 e. The monoisotopic (exact) mass is 177 g/mol. The van der Waals surface area contributed by atoms with Gasteiger partial charge in [0.1, 0.15) is 0 Å². The number of fused-ring (bicyclic) bond motifs is 1. The number of aryl methyl sites for hydroxylation is 1. The Hall–Kier alpha value is -1.71. The molecule has 0 spiro atoms. The Kier molecular flexibility index (Phi) is 1.62. The van der Waals surface area contributed by atoms with Crippen LogP contribution in [0.5, 0.6) is 0 Å². The largest absolute Gasteiger partial charge is 0.399 e. The van der Waals surface area contributed by atoms with Crippen molar-refractivity contribution in [1.29, 1.82) is 0 Å². The van der Waals surface area contributed by atoms with Gasteiger partial charge in [-0.3, -0.25) is 4.79 Å². The molecule has 0 unspecified atom stereocenters. The summed E-state index contributed by atoms with van der Waals surface area (Å²) >= 11 is 0. The van der Waals surface area contributed by atoms with Gasteiger partial charge in [-0.15, -0.1) is 0 Å². The number of hydrogen-bond donors (Lipinski definition) is 3. The smallest absolute Gasteiger partial charge is 0.224 e. The summed E-state index contributed by atoms with van der Waals surface area (Å²) in [6.07, 6.45) is 1.23. The first-order valence-corrected chi connectivity index (χ1v) is 4.14. The summed E-state index contributed by atoms with van der Waals surface area (Å²) in [5, 5.41) is 2.74. The quantitative estimate of drug-likeness (QED) is 0.511. The van der Waals surface area contributed by atoms with E-state index in [1.165, 1.54) is 0 Å². The number of anilines is 3. The third kappa shape index (κ3) is 1.30. The van der Waals surface area contributed by atoms with Crippen LogP contribution in [0.15, 0.2) is 12.1 Å². The molecule has 0 aliphatic carbocycles. The summed E-state index contributed by atoms with van der Waals surface area (Å²) in [6, 6.07) is 3.51. The first-order valence-electron chi connectivity index (χ1n) is 4.14. The molecule has 1 aliphatic heterocycles. The van der Waals surface area contributed by atoms with E-state index in [9.17, 15) is 4.79 Å². The summed E-state index contributed by atoms with van der Waals surface area (Å²) in [5.41, 5.74) is 14.3. The van der Waals surface area contributed by atoms with Crippen molar-refractivity contribution in [3.63, 3.8) is 0 Å². The van der Waals surface area contributed by atoms with Crippen molar-refractivity contribution >= 4 is 23.0 Å². The molecule has 0 saturated heterocycles. The van der Waals surface area contributed by atoms with Crippen LogP contribution < -0.4 is 16.8 Å². The number of carbonyl (C=O) groups excluding carboxylic acids is 1. The number of nitrogen functional groups attached to an aromatic ring is 2. The first kappa shape index (κ1) is 7.91. The van der Waals surface area contributed by atoms with Gasteiger partial charge in [-0.25, -0.2) is 0 Å². The minimum absolute atomic E-state index is 0.0176. The molecule has 1 aliphatic rings. The molecule has 1 heterocycles. The van der Waals surface area contributed by atoms with Gasteiger partial charge in [-0.2, -0.15) is 0 Å². The van der Waals surface area contributed by atoms with E-state index in [1.54, 1.807) is 6.07 Å². The van der Waals surface area contributed by atoms with Gasteiger partial charge in [-0.05, 0) is 24.1 Å². The predicted molar refractivity (Wildman–Crippen MR) is 52.2 cm³/mol. The molecule has 0 aromatic heterocycles. The van der Waals surface area contributed by atoms with Crippen LogP contribution in [0, 0.1) is 0 Å². The first-order chi connectivity index (χ1) is 6.16. The number of benzene rings is 1. The van der Waals surface area contributed by atoms with Crippen molar-refractivity contribution in [2.24, 2.45) is 0 Å². The van der Waals surface area contributed by atoms with Crippen LogP contribution in [0.1, 0.15) is 12.0 Å². The summed E-state index contributed by atoms with van der Waals surface area (Å²) in [6.45, 7) is 0. The van der Waals surface area contributed by atoms with Gasteiger partial charge >= 0.3 is 0 Å². The lowest BCUT2D eigenvalue weighted by atomic mass is 10.0. The Morgan fingerprint density at radius 3 is 2.77 bits per heavy atom. The summed E-state index contributed by atoms with van der Waals surface area (Å²) in [4.78, 5) is 11.1. The molecule has 1 aromatic rings. The molecule has 1 amide bonds. The van der Waals surface area contributed by atoms with Crippen LogP contribution >= 0.6 is 0 Å². The highest BCUT2D eigenvalue weighted by atomic mass is 16.1. The number of nitrogens with one attached hydrogen (secondary N) is 1. The fourth-order valence-corrected chi connectivity index (χ4v) is 1.55. The SMILES string of the molecule is Nc1cc(N)c2c(c1)CCC(=O)N2. The van der Waals surface area contributed by atoms with Crippen LogP contribution in [0.25, 0.3) is 0 Å². The normalized spacial score (nSPS) is 14.9. The third-order valence-corrected chi connectivity index (χ3v) is 2.16. The van der Waals surface area contributed by atoms with Crippen LogP contribution in [-0.2, 0) is 11.2 Å². The number of carbonyl (C=O) groups is 1. The summed E-state index contributed by atoms with van der Waals surface area (Å²) in [7, 11) is 0. The standard InChI is InChI=1S/C9H11N3O/c10-6-3-5-1-2-8(13)12-9(5)7(11)4-6/h3-4H,1-2,10-11H2,(H,12,13). The van der Waals surface area contributed by atoms with E-state index in [-0.39, 0.29) is 5.91 Å². The van der Waals surface area contributed by atoms with Crippen molar-refractivity contribution in [3.05, 3.63) is 17.7 Å². The van der Waals surface area contributed by atoms with Crippen LogP contribution in [0.3, 0.4) is 0 Å². The zero-order valence-corrected chi connectivity index (χ0v) is 7.13. The molecule has 13 heavy (non-hydrogen) atoms. The van der Waals surface area contributed by atoms with Crippen molar-refractivity contribution in [1.82, 2.24) is 0 Å². The lowest BCUT2D eigenvalue weighted by Gasteiger charge is -2.18. The number of hydrogen-bond acceptors (Lipinski definition) is 3. The highest BCUT2D eigenvalue weighted by Crippen LogP contribution is 2.30. The van der Waals surface area contributed by atoms with Crippen LogP contribution in [-0.4, -0.2) is 5.91 Å². The highest BCUT2D eigenvalue weighted by Gasteiger charge is 2.16. The molecule has 0 radical (unpaired) electrons. The molecule has 0 saturated carbocycles. The predicted octanol–water partition coefficient (Wildman–Crippen LogP) is 0.736. The zero-order valence-electron chi connectivity index (χ0n) is 7.13. The number of nitrogens with two attached hydrogens (primary N) is 2. The second-order valence-corrected chi connectivity index (χ2v) is 3.19. The second-order valence-electron chi connectivity index (χ2n) is 3.19. The summed E-state index contributed by atoms with van der Waals surface area (Å²) in [5.74, 6) is 0.0176. The van der Waals surface area contributed by atoms with Gasteiger partial charge in [0.05, 0.1) is 11.4 Å². The van der Waals surface area contributed by atoms with Gasteiger partial charge in [0.2, 0.25) is 5.91 Å². The van der Waals surface area contributed by atoms with Crippen molar-refractivity contribution in [2.45, 2.75) is 12.8 Å². The Labute approximate surface area is 75.9 Å². The molecule has 2 rings (SSSR count). The molecule has 0 fully saturated rings. The zero-order chi connectivity index (χ0) is 9.42. The minimum atomic E-state index is 0.0176. The lowest BCUT2D eigenvalue weighted by molar-refractivity contribution is -0.116. The van der Waals surface area contributed by atoms with E-state index in [4.69, 9.17) is 11.5 Å². The van der Waals surface area contributed by atoms with Crippen molar-refractivity contribution < 1.29 is 4.79 Å².